The number of hydrogen-bond donors (Lipinski definition) is 1. The number of tetrazole rings is 1. The molecule has 0 radical (unpaired) electrons. The molecule has 0 aliphatic carbocycles. The molecule has 1 N–H and O–H groups in total. The van der Waals surface area contributed by atoms with Gasteiger partial charge in [0.1, 0.15) is 0 Å². The molecule has 0 amide bonds. The molecule has 1 aliphatic rings. The number of halogens is 1. The zero-order valence-corrected chi connectivity index (χ0v) is 11.0. The van der Waals surface area contributed by atoms with E-state index in [-0.39, 0.29) is 6.04 Å². The Labute approximate surface area is 115 Å². The van der Waals surface area contributed by atoms with E-state index in [1.807, 2.05) is 24.3 Å². The SMILES string of the molecule is Clc1ccc(C(c2nn[nH]n2)N2CCOCC2)cc1. The van der Waals surface area contributed by atoms with E-state index in [0.29, 0.717) is 5.82 Å². The van der Waals surface area contributed by atoms with E-state index in [0.717, 1.165) is 36.9 Å². The molecule has 6 nitrogen and oxygen atoms in total. The van der Waals surface area contributed by atoms with E-state index < -0.39 is 0 Å². The van der Waals surface area contributed by atoms with E-state index >= 15 is 0 Å². The van der Waals surface area contributed by atoms with Gasteiger partial charge in [-0.25, -0.2) is 0 Å². The maximum absolute atomic E-state index is 5.94. The largest absolute Gasteiger partial charge is 0.379 e. The van der Waals surface area contributed by atoms with E-state index in [9.17, 15) is 0 Å². The maximum atomic E-state index is 5.94. The van der Waals surface area contributed by atoms with Gasteiger partial charge >= 0.3 is 0 Å². The van der Waals surface area contributed by atoms with Crippen molar-refractivity contribution in [1.82, 2.24) is 25.5 Å². The molecule has 7 heteroatoms. The molecule has 2 aromatic rings. The standard InChI is InChI=1S/C12H14ClN5O/c13-10-3-1-9(2-4-10)11(12-14-16-17-15-12)18-5-7-19-8-6-18/h1-4,11H,5-8H2,(H,14,15,16,17). The van der Waals surface area contributed by atoms with Crippen LogP contribution in [-0.2, 0) is 4.74 Å². The number of nitrogens with one attached hydrogen (secondary N) is 1. The third-order valence-corrected chi connectivity index (χ3v) is 3.45. The number of hydrogen-bond acceptors (Lipinski definition) is 5. The normalized spacial score (nSPS) is 18.4. The molecule has 0 spiro atoms. The first kappa shape index (κ1) is 12.5. The summed E-state index contributed by atoms with van der Waals surface area (Å²) in [5.74, 6) is 0.671. The molecule has 0 bridgehead atoms. The first-order valence-electron chi connectivity index (χ1n) is 6.15. The van der Waals surface area contributed by atoms with Crippen LogP contribution in [0, 0.1) is 0 Å². The van der Waals surface area contributed by atoms with Gasteiger partial charge in [-0.15, -0.1) is 10.2 Å². The van der Waals surface area contributed by atoms with Crippen LogP contribution in [-0.4, -0.2) is 51.8 Å². The number of aromatic amines is 1. The predicted molar refractivity (Wildman–Crippen MR) is 69.9 cm³/mol. The highest BCUT2D eigenvalue weighted by atomic mass is 35.5. The summed E-state index contributed by atoms with van der Waals surface area (Å²) in [7, 11) is 0. The van der Waals surface area contributed by atoms with Gasteiger partial charge in [-0.1, -0.05) is 28.9 Å². The fraction of sp³-hybridized carbons (Fsp3) is 0.417. The van der Waals surface area contributed by atoms with E-state index in [1.165, 1.54) is 0 Å². The number of nitrogens with zero attached hydrogens (tertiary/aromatic N) is 4. The molecule has 1 aliphatic heterocycles. The van der Waals surface area contributed by atoms with Crippen molar-refractivity contribution < 1.29 is 4.74 Å². The van der Waals surface area contributed by atoms with Crippen molar-refractivity contribution in [3.05, 3.63) is 40.7 Å². The monoisotopic (exact) mass is 279 g/mol. The van der Waals surface area contributed by atoms with Crippen molar-refractivity contribution in [3.63, 3.8) is 0 Å². The van der Waals surface area contributed by atoms with Crippen LogP contribution in [0.25, 0.3) is 0 Å². The lowest BCUT2D eigenvalue weighted by molar-refractivity contribution is 0.0224. The minimum Gasteiger partial charge on any atom is -0.379 e. The summed E-state index contributed by atoms with van der Waals surface area (Å²) in [5, 5.41) is 15.2. The topological polar surface area (TPSA) is 66.9 Å². The fourth-order valence-corrected chi connectivity index (χ4v) is 2.42. The van der Waals surface area contributed by atoms with Gasteiger partial charge in [-0.05, 0) is 17.7 Å². The minimum absolute atomic E-state index is 0.0140. The molecule has 1 atom stereocenters. The summed E-state index contributed by atoms with van der Waals surface area (Å²) in [6, 6.07) is 7.74. The zero-order chi connectivity index (χ0) is 13.1. The average Bonchev–Trinajstić information content (AvgIpc) is 2.96. The number of benzene rings is 1. The highest BCUT2D eigenvalue weighted by Gasteiger charge is 2.27. The zero-order valence-electron chi connectivity index (χ0n) is 10.3. The van der Waals surface area contributed by atoms with Crippen molar-refractivity contribution in [1.29, 1.82) is 0 Å². The van der Waals surface area contributed by atoms with Gasteiger partial charge < -0.3 is 4.74 Å². The van der Waals surface area contributed by atoms with Gasteiger partial charge in [0.15, 0.2) is 5.82 Å². The highest BCUT2D eigenvalue weighted by Crippen LogP contribution is 2.27. The average molecular weight is 280 g/mol. The third kappa shape index (κ3) is 2.75. The van der Waals surface area contributed by atoms with E-state index in [4.69, 9.17) is 16.3 Å². The molecule has 2 heterocycles. The van der Waals surface area contributed by atoms with Crippen LogP contribution in [0.5, 0.6) is 0 Å². The quantitative estimate of drug-likeness (QED) is 0.917. The lowest BCUT2D eigenvalue weighted by Gasteiger charge is -2.32. The molecule has 1 aromatic carbocycles. The lowest BCUT2D eigenvalue weighted by atomic mass is 10.0. The fourth-order valence-electron chi connectivity index (χ4n) is 2.29. The van der Waals surface area contributed by atoms with Crippen LogP contribution in [0.2, 0.25) is 5.02 Å². The van der Waals surface area contributed by atoms with Crippen LogP contribution < -0.4 is 0 Å². The summed E-state index contributed by atoms with van der Waals surface area (Å²) in [5.41, 5.74) is 1.10. The number of ether oxygens (including phenoxy) is 1. The Hall–Kier alpha value is -1.50. The van der Waals surface area contributed by atoms with Crippen molar-refractivity contribution >= 4 is 11.6 Å². The molecule has 1 aromatic heterocycles. The maximum Gasteiger partial charge on any atom is 0.196 e. The van der Waals surface area contributed by atoms with Crippen LogP contribution in [0.3, 0.4) is 0 Å². The molecule has 1 unspecified atom stereocenters. The van der Waals surface area contributed by atoms with Crippen LogP contribution in [0.4, 0.5) is 0 Å². The number of rotatable bonds is 3. The van der Waals surface area contributed by atoms with Crippen molar-refractivity contribution in [2.45, 2.75) is 6.04 Å². The second-order valence-corrected chi connectivity index (χ2v) is 4.81. The predicted octanol–water partition coefficient (Wildman–Crippen LogP) is 1.27. The number of H-pyrrole nitrogens is 1. The summed E-state index contributed by atoms with van der Waals surface area (Å²) in [4.78, 5) is 2.29. The second kappa shape index (κ2) is 5.64. The van der Waals surface area contributed by atoms with Crippen molar-refractivity contribution in [2.24, 2.45) is 0 Å². The van der Waals surface area contributed by atoms with Gasteiger partial charge in [0.2, 0.25) is 0 Å². The molecule has 100 valence electrons. The van der Waals surface area contributed by atoms with Gasteiger partial charge in [0.05, 0.1) is 19.3 Å². The Bertz CT molecular complexity index is 509. The van der Waals surface area contributed by atoms with E-state index in [2.05, 4.69) is 25.5 Å². The van der Waals surface area contributed by atoms with Crippen LogP contribution >= 0.6 is 11.6 Å². The number of aromatic nitrogens is 4. The molecular formula is C12H14ClN5O. The molecule has 1 saturated heterocycles. The Morgan fingerprint density at radius 2 is 1.95 bits per heavy atom. The Morgan fingerprint density at radius 1 is 1.21 bits per heavy atom. The second-order valence-electron chi connectivity index (χ2n) is 4.37. The first-order valence-corrected chi connectivity index (χ1v) is 6.53. The van der Waals surface area contributed by atoms with E-state index in [1.54, 1.807) is 0 Å². The first-order chi connectivity index (χ1) is 9.34. The summed E-state index contributed by atoms with van der Waals surface area (Å²) in [6.07, 6.45) is 0. The smallest absolute Gasteiger partial charge is 0.196 e. The summed E-state index contributed by atoms with van der Waals surface area (Å²) in [6.45, 7) is 3.15. The Kier molecular flexibility index (Phi) is 3.72. The highest BCUT2D eigenvalue weighted by molar-refractivity contribution is 6.30. The molecule has 0 saturated carbocycles. The van der Waals surface area contributed by atoms with Gasteiger partial charge in [0, 0.05) is 18.1 Å². The number of morpholine rings is 1. The molecular weight excluding hydrogens is 266 g/mol. The molecule has 3 rings (SSSR count). The molecule has 19 heavy (non-hydrogen) atoms. The lowest BCUT2D eigenvalue weighted by Crippen LogP contribution is -2.40. The van der Waals surface area contributed by atoms with Crippen LogP contribution in [0.15, 0.2) is 24.3 Å². The molecule has 1 fully saturated rings. The summed E-state index contributed by atoms with van der Waals surface area (Å²) >= 11 is 5.94. The van der Waals surface area contributed by atoms with Crippen LogP contribution in [0.1, 0.15) is 17.4 Å². The van der Waals surface area contributed by atoms with Gasteiger partial charge in [-0.2, -0.15) is 5.21 Å². The Balaban J connectivity index is 1.93. The van der Waals surface area contributed by atoms with Gasteiger partial charge in [0.25, 0.3) is 0 Å². The minimum atomic E-state index is -0.0140. The third-order valence-electron chi connectivity index (χ3n) is 3.20. The Morgan fingerprint density at radius 3 is 2.58 bits per heavy atom. The van der Waals surface area contributed by atoms with Crippen molar-refractivity contribution in [2.75, 3.05) is 26.3 Å². The van der Waals surface area contributed by atoms with Gasteiger partial charge in [-0.3, -0.25) is 4.90 Å². The van der Waals surface area contributed by atoms with Crippen molar-refractivity contribution in [3.8, 4) is 0 Å². The summed E-state index contributed by atoms with van der Waals surface area (Å²) < 4.78 is 5.40.